The molecule has 3 rings (SSSR count). The minimum Gasteiger partial charge on any atom is -0.494 e. The van der Waals surface area contributed by atoms with Gasteiger partial charge < -0.3 is 19.1 Å². The fourth-order valence-corrected chi connectivity index (χ4v) is 4.12. The largest absolute Gasteiger partial charge is 0.494 e. The molecule has 7 nitrogen and oxygen atoms in total. The summed E-state index contributed by atoms with van der Waals surface area (Å²) in [4.78, 5) is 21.6. The first-order valence-electron chi connectivity index (χ1n) is 10.2. The van der Waals surface area contributed by atoms with E-state index in [9.17, 15) is 4.79 Å². The van der Waals surface area contributed by atoms with Crippen molar-refractivity contribution in [2.75, 3.05) is 52.4 Å². The predicted octanol–water partition coefficient (Wildman–Crippen LogP) is 3.99. The fraction of sp³-hybridized carbons (Fsp3) is 0.391. The number of aryl methyl sites for hydroxylation is 1. The van der Waals surface area contributed by atoms with E-state index in [0.717, 1.165) is 21.5 Å². The molecule has 0 aliphatic carbocycles. The molecule has 0 atom stereocenters. The summed E-state index contributed by atoms with van der Waals surface area (Å²) in [7, 11) is 5.58. The molecule has 1 aromatic heterocycles. The van der Waals surface area contributed by atoms with Crippen molar-refractivity contribution in [2.24, 2.45) is 0 Å². The molecule has 0 bridgehead atoms. The van der Waals surface area contributed by atoms with Crippen LogP contribution in [-0.4, -0.2) is 63.3 Å². The zero-order chi connectivity index (χ0) is 22.4. The van der Waals surface area contributed by atoms with Gasteiger partial charge in [-0.25, -0.2) is 4.98 Å². The standard InChI is InChI=1S/C23H29N3O4S/c1-6-29-17-8-10-18(11-9-17)30-15-20(27)26(14-13-25(3)4)23-24-21-19(28-5)12-7-16(2)22(21)31-23/h7-12H,6,13-15H2,1-5H3. The summed E-state index contributed by atoms with van der Waals surface area (Å²) in [6.45, 7) is 5.72. The molecule has 0 saturated heterocycles. The van der Waals surface area contributed by atoms with Crippen LogP contribution in [0, 0.1) is 6.92 Å². The Morgan fingerprint density at radius 3 is 2.32 bits per heavy atom. The fourth-order valence-electron chi connectivity index (χ4n) is 3.03. The van der Waals surface area contributed by atoms with Gasteiger partial charge in [0.1, 0.15) is 22.8 Å². The van der Waals surface area contributed by atoms with E-state index in [1.165, 1.54) is 11.3 Å². The average Bonchev–Trinajstić information content (AvgIpc) is 3.20. The number of hydrogen-bond donors (Lipinski definition) is 0. The lowest BCUT2D eigenvalue weighted by molar-refractivity contribution is -0.120. The summed E-state index contributed by atoms with van der Waals surface area (Å²) in [5, 5.41) is 0.643. The van der Waals surface area contributed by atoms with E-state index in [-0.39, 0.29) is 12.5 Å². The quantitative estimate of drug-likeness (QED) is 0.472. The first kappa shape index (κ1) is 22.8. The Morgan fingerprint density at radius 2 is 1.71 bits per heavy atom. The summed E-state index contributed by atoms with van der Waals surface area (Å²) in [6.07, 6.45) is 0. The van der Waals surface area contributed by atoms with Gasteiger partial charge in [0.15, 0.2) is 11.7 Å². The molecule has 166 valence electrons. The molecule has 0 aliphatic rings. The van der Waals surface area contributed by atoms with Crippen molar-refractivity contribution >= 4 is 32.6 Å². The lowest BCUT2D eigenvalue weighted by Crippen LogP contribution is -2.39. The highest BCUT2D eigenvalue weighted by Crippen LogP contribution is 2.36. The predicted molar refractivity (Wildman–Crippen MR) is 125 cm³/mol. The van der Waals surface area contributed by atoms with Crippen LogP contribution in [-0.2, 0) is 4.79 Å². The van der Waals surface area contributed by atoms with E-state index >= 15 is 0 Å². The monoisotopic (exact) mass is 443 g/mol. The van der Waals surface area contributed by atoms with Gasteiger partial charge in [-0.15, -0.1) is 0 Å². The smallest absolute Gasteiger partial charge is 0.266 e. The van der Waals surface area contributed by atoms with E-state index < -0.39 is 0 Å². The Balaban J connectivity index is 1.80. The number of ether oxygens (including phenoxy) is 3. The lowest BCUT2D eigenvalue weighted by atomic mass is 10.2. The van der Waals surface area contributed by atoms with Crippen molar-refractivity contribution in [3.8, 4) is 17.2 Å². The Morgan fingerprint density at radius 1 is 1.03 bits per heavy atom. The number of nitrogens with zero attached hydrogens (tertiary/aromatic N) is 3. The maximum atomic E-state index is 13.1. The molecule has 1 heterocycles. The van der Waals surface area contributed by atoms with Crippen molar-refractivity contribution in [3.63, 3.8) is 0 Å². The summed E-state index contributed by atoms with van der Waals surface area (Å²) >= 11 is 1.49. The van der Waals surface area contributed by atoms with Crippen molar-refractivity contribution in [3.05, 3.63) is 42.0 Å². The van der Waals surface area contributed by atoms with Gasteiger partial charge in [-0.3, -0.25) is 9.69 Å². The summed E-state index contributed by atoms with van der Waals surface area (Å²) < 4.78 is 17.7. The molecule has 1 amide bonds. The molecule has 0 saturated carbocycles. The molecular weight excluding hydrogens is 414 g/mol. The molecular formula is C23H29N3O4S. The Bertz CT molecular complexity index is 1020. The van der Waals surface area contributed by atoms with Crippen molar-refractivity contribution in [1.29, 1.82) is 0 Å². The van der Waals surface area contributed by atoms with Crippen LogP contribution < -0.4 is 19.1 Å². The second-order valence-corrected chi connectivity index (χ2v) is 8.28. The number of rotatable bonds is 10. The van der Waals surface area contributed by atoms with Gasteiger partial charge in [0, 0.05) is 13.1 Å². The third-order valence-corrected chi connectivity index (χ3v) is 5.93. The van der Waals surface area contributed by atoms with E-state index in [4.69, 9.17) is 19.2 Å². The minimum atomic E-state index is -0.147. The third-order valence-electron chi connectivity index (χ3n) is 4.71. The Kier molecular flexibility index (Phi) is 7.70. The Hall–Kier alpha value is -2.84. The summed E-state index contributed by atoms with van der Waals surface area (Å²) in [5.74, 6) is 1.94. The maximum absolute atomic E-state index is 13.1. The number of fused-ring (bicyclic) bond motifs is 1. The van der Waals surface area contributed by atoms with Gasteiger partial charge in [-0.05, 0) is 63.8 Å². The van der Waals surface area contributed by atoms with Crippen LogP contribution in [0.5, 0.6) is 17.2 Å². The van der Waals surface area contributed by atoms with Gasteiger partial charge in [-0.1, -0.05) is 17.4 Å². The maximum Gasteiger partial charge on any atom is 0.266 e. The second kappa shape index (κ2) is 10.5. The van der Waals surface area contributed by atoms with Crippen LogP contribution in [0.1, 0.15) is 12.5 Å². The van der Waals surface area contributed by atoms with E-state index in [0.29, 0.717) is 36.3 Å². The van der Waals surface area contributed by atoms with Crippen LogP contribution in [0.15, 0.2) is 36.4 Å². The summed E-state index contributed by atoms with van der Waals surface area (Å²) in [6, 6.07) is 11.2. The van der Waals surface area contributed by atoms with E-state index in [1.807, 2.05) is 57.1 Å². The average molecular weight is 444 g/mol. The highest BCUT2D eigenvalue weighted by molar-refractivity contribution is 7.22. The Labute approximate surface area is 187 Å². The van der Waals surface area contributed by atoms with Crippen LogP contribution in [0.25, 0.3) is 10.2 Å². The number of carbonyl (C=O) groups is 1. The highest BCUT2D eigenvalue weighted by atomic mass is 32.1. The van der Waals surface area contributed by atoms with Crippen molar-refractivity contribution < 1.29 is 19.0 Å². The van der Waals surface area contributed by atoms with Gasteiger partial charge in [0.05, 0.1) is 18.4 Å². The van der Waals surface area contributed by atoms with Crippen LogP contribution in [0.4, 0.5) is 5.13 Å². The van der Waals surface area contributed by atoms with E-state index in [1.54, 1.807) is 24.1 Å². The molecule has 2 aromatic carbocycles. The number of anilines is 1. The normalized spacial score (nSPS) is 11.0. The summed E-state index contributed by atoms with van der Waals surface area (Å²) in [5.41, 5.74) is 1.88. The molecule has 0 spiro atoms. The van der Waals surface area contributed by atoms with Gasteiger partial charge >= 0.3 is 0 Å². The van der Waals surface area contributed by atoms with Gasteiger partial charge in [0.2, 0.25) is 0 Å². The number of likely N-dealkylation sites (N-methyl/N-ethyl adjacent to an activating group) is 1. The zero-order valence-electron chi connectivity index (χ0n) is 18.7. The first-order chi connectivity index (χ1) is 14.9. The SMILES string of the molecule is CCOc1ccc(OCC(=O)N(CCN(C)C)c2nc3c(OC)ccc(C)c3s2)cc1. The topological polar surface area (TPSA) is 64.1 Å². The number of hydrogen-bond acceptors (Lipinski definition) is 7. The number of benzene rings is 2. The van der Waals surface area contributed by atoms with Crippen molar-refractivity contribution in [2.45, 2.75) is 13.8 Å². The first-order valence-corrected chi connectivity index (χ1v) is 11.0. The highest BCUT2D eigenvalue weighted by Gasteiger charge is 2.22. The minimum absolute atomic E-state index is 0.0759. The van der Waals surface area contributed by atoms with Crippen LogP contribution >= 0.6 is 11.3 Å². The van der Waals surface area contributed by atoms with Crippen LogP contribution in [0.2, 0.25) is 0 Å². The number of carbonyl (C=O) groups excluding carboxylic acids is 1. The second-order valence-electron chi connectivity index (χ2n) is 7.30. The molecule has 0 radical (unpaired) electrons. The zero-order valence-corrected chi connectivity index (χ0v) is 19.5. The molecule has 8 heteroatoms. The molecule has 3 aromatic rings. The lowest BCUT2D eigenvalue weighted by Gasteiger charge is -2.22. The molecule has 0 aliphatic heterocycles. The molecule has 0 fully saturated rings. The molecule has 0 N–H and O–H groups in total. The molecule has 31 heavy (non-hydrogen) atoms. The number of thiazole rings is 1. The van der Waals surface area contributed by atoms with Gasteiger partial charge in [-0.2, -0.15) is 0 Å². The van der Waals surface area contributed by atoms with E-state index in [2.05, 4.69) is 0 Å². The van der Waals surface area contributed by atoms with Crippen molar-refractivity contribution in [1.82, 2.24) is 9.88 Å². The molecule has 0 unspecified atom stereocenters. The van der Waals surface area contributed by atoms with Crippen LogP contribution in [0.3, 0.4) is 0 Å². The third kappa shape index (κ3) is 5.65. The number of methoxy groups -OCH3 is 1. The van der Waals surface area contributed by atoms with Gasteiger partial charge in [0.25, 0.3) is 5.91 Å². The number of aromatic nitrogens is 1. The number of amides is 1.